The fourth-order valence-corrected chi connectivity index (χ4v) is 4.72. The largest absolute Gasteiger partial charge is 0.443 e. The third-order valence-corrected chi connectivity index (χ3v) is 10.5. The molecule has 0 unspecified atom stereocenters. The quantitative estimate of drug-likeness (QED) is 0.614. The Kier molecular flexibility index (Phi) is 7.09. The van der Waals surface area contributed by atoms with Crippen LogP contribution in [0.4, 0.5) is 4.79 Å². The van der Waals surface area contributed by atoms with Crippen molar-refractivity contribution >= 4 is 20.3 Å². The van der Waals surface area contributed by atoms with Crippen molar-refractivity contribution in [1.82, 2.24) is 4.90 Å². The fourth-order valence-electron chi connectivity index (χ4n) is 3.40. The number of hydrogen-bond acceptors (Lipinski definition) is 8. The highest BCUT2D eigenvalue weighted by Gasteiger charge is 2.58. The van der Waals surface area contributed by atoms with E-state index in [9.17, 15) is 19.8 Å². The molecule has 2 fully saturated rings. The van der Waals surface area contributed by atoms with E-state index in [0.717, 1.165) is 4.90 Å². The van der Waals surface area contributed by atoms with E-state index in [1.165, 1.54) is 0 Å². The van der Waals surface area contributed by atoms with Crippen LogP contribution in [0.5, 0.6) is 0 Å². The molecule has 0 radical (unpaired) electrons. The molecule has 0 aliphatic carbocycles. The molecule has 5 atom stereocenters. The van der Waals surface area contributed by atoms with E-state index in [2.05, 4.69) is 20.8 Å². The number of likely N-dealkylation sites (tertiary alicyclic amines) is 1. The monoisotopic (exact) mass is 461 g/mol. The molecular formula is C21H39NO8Si. The van der Waals surface area contributed by atoms with Crippen molar-refractivity contribution in [2.24, 2.45) is 0 Å². The lowest BCUT2D eigenvalue weighted by Gasteiger charge is -2.44. The lowest BCUT2D eigenvalue weighted by atomic mass is 10.0. The van der Waals surface area contributed by atoms with Gasteiger partial charge in [-0.15, -0.1) is 0 Å². The van der Waals surface area contributed by atoms with Gasteiger partial charge < -0.3 is 28.8 Å². The maximum absolute atomic E-state index is 12.9. The van der Waals surface area contributed by atoms with Crippen LogP contribution in [0.2, 0.25) is 18.1 Å². The molecule has 0 aromatic carbocycles. The van der Waals surface area contributed by atoms with E-state index in [1.807, 2.05) is 13.1 Å². The molecule has 2 heterocycles. The Morgan fingerprint density at radius 2 is 1.74 bits per heavy atom. The molecule has 10 heteroatoms. The summed E-state index contributed by atoms with van der Waals surface area (Å²) in [5, 5.41) is 21.0. The van der Waals surface area contributed by atoms with Crippen LogP contribution in [-0.4, -0.2) is 83.9 Å². The van der Waals surface area contributed by atoms with Crippen molar-refractivity contribution in [3.8, 4) is 0 Å². The first kappa shape index (κ1) is 26.2. The summed E-state index contributed by atoms with van der Waals surface area (Å²) in [6.07, 6.45) is -5.83. The van der Waals surface area contributed by atoms with E-state index in [4.69, 9.17) is 18.6 Å². The Bertz CT molecular complexity index is 696. The minimum Gasteiger partial charge on any atom is -0.443 e. The third-order valence-electron chi connectivity index (χ3n) is 6.02. The van der Waals surface area contributed by atoms with Crippen LogP contribution >= 0.6 is 0 Å². The summed E-state index contributed by atoms with van der Waals surface area (Å²) in [6, 6.07) is -1.19. The highest BCUT2D eigenvalue weighted by atomic mass is 28.4. The highest BCUT2D eigenvalue weighted by Crippen LogP contribution is 2.41. The van der Waals surface area contributed by atoms with E-state index < -0.39 is 62.2 Å². The van der Waals surface area contributed by atoms with Gasteiger partial charge in [0.15, 0.2) is 20.2 Å². The van der Waals surface area contributed by atoms with Crippen LogP contribution in [0.25, 0.3) is 0 Å². The molecule has 0 saturated carbocycles. The molecule has 0 bridgehead atoms. The summed E-state index contributed by atoms with van der Waals surface area (Å²) in [5.74, 6) is -1.81. The molecule has 2 rings (SSSR count). The number of aliphatic hydroxyl groups is 2. The van der Waals surface area contributed by atoms with Gasteiger partial charge in [0.1, 0.15) is 17.8 Å². The highest BCUT2D eigenvalue weighted by molar-refractivity contribution is 6.74. The van der Waals surface area contributed by atoms with E-state index in [0.29, 0.717) is 0 Å². The van der Waals surface area contributed by atoms with Crippen LogP contribution in [0.15, 0.2) is 0 Å². The average molecular weight is 462 g/mol. The second kappa shape index (κ2) is 8.38. The maximum Gasteiger partial charge on any atom is 0.417 e. The average Bonchev–Trinajstić information content (AvgIpc) is 3.02. The number of hydrogen-bond donors (Lipinski definition) is 2. The summed E-state index contributed by atoms with van der Waals surface area (Å²) < 4.78 is 23.7. The summed E-state index contributed by atoms with van der Waals surface area (Å²) in [6.45, 7) is 18.9. The van der Waals surface area contributed by atoms with Gasteiger partial charge in [-0.1, -0.05) is 20.8 Å². The van der Waals surface area contributed by atoms with Gasteiger partial charge in [-0.05, 0) is 52.8 Å². The van der Waals surface area contributed by atoms with Gasteiger partial charge in [0.05, 0.1) is 18.8 Å². The number of ether oxygens (including phenoxy) is 3. The zero-order valence-corrected chi connectivity index (χ0v) is 21.4. The topological polar surface area (TPSA) is 115 Å². The van der Waals surface area contributed by atoms with Crippen molar-refractivity contribution in [2.75, 3.05) is 6.61 Å². The zero-order chi connectivity index (χ0) is 24.2. The van der Waals surface area contributed by atoms with E-state index >= 15 is 0 Å². The minimum absolute atomic E-state index is 0.155. The minimum atomic E-state index is -2.45. The van der Waals surface area contributed by atoms with Crippen LogP contribution in [0, 0.1) is 0 Å². The normalized spacial score (nSPS) is 30.6. The maximum atomic E-state index is 12.9. The number of imide groups is 1. The van der Waals surface area contributed by atoms with Gasteiger partial charge in [0.25, 0.3) is 5.91 Å². The molecule has 2 N–H and O–H groups in total. The van der Waals surface area contributed by atoms with Crippen molar-refractivity contribution in [1.29, 1.82) is 0 Å². The lowest BCUT2D eigenvalue weighted by molar-refractivity contribution is -0.157. The van der Waals surface area contributed by atoms with Crippen molar-refractivity contribution < 1.29 is 38.4 Å². The molecule has 0 aromatic heterocycles. The molecule has 31 heavy (non-hydrogen) atoms. The number of rotatable bonds is 4. The molecule has 2 amide bonds. The fraction of sp³-hybridized carbons (Fsp3) is 0.905. The molecular weight excluding hydrogens is 422 g/mol. The number of carbonyl (C=O) groups is 2. The van der Waals surface area contributed by atoms with Gasteiger partial charge in [-0.2, -0.15) is 0 Å². The first-order valence-electron chi connectivity index (χ1n) is 10.7. The first-order chi connectivity index (χ1) is 13.8. The van der Waals surface area contributed by atoms with Gasteiger partial charge in [0, 0.05) is 0 Å². The Balaban J connectivity index is 2.50. The second-order valence-corrected chi connectivity index (χ2v) is 16.1. The lowest BCUT2D eigenvalue weighted by Crippen LogP contribution is -2.59. The number of carbonyl (C=O) groups excluding carboxylic acids is 2. The van der Waals surface area contributed by atoms with Crippen LogP contribution in [-0.2, 0) is 23.4 Å². The number of amides is 2. The predicted octanol–water partition coefficient (Wildman–Crippen LogP) is 2.40. The Labute approximate surface area is 186 Å². The van der Waals surface area contributed by atoms with Gasteiger partial charge in [-0.3, -0.25) is 4.79 Å². The summed E-state index contributed by atoms with van der Waals surface area (Å²) in [4.78, 5) is 26.5. The Morgan fingerprint density at radius 1 is 1.19 bits per heavy atom. The Hall–Kier alpha value is -1.04. The van der Waals surface area contributed by atoms with Gasteiger partial charge in [-0.25, -0.2) is 9.69 Å². The van der Waals surface area contributed by atoms with Gasteiger partial charge in [0.2, 0.25) is 0 Å². The summed E-state index contributed by atoms with van der Waals surface area (Å²) in [5.41, 5.74) is -0.870. The van der Waals surface area contributed by atoms with Crippen molar-refractivity contribution in [2.45, 2.75) is 115 Å². The molecule has 9 nitrogen and oxygen atoms in total. The predicted molar refractivity (Wildman–Crippen MR) is 116 cm³/mol. The zero-order valence-electron chi connectivity index (χ0n) is 20.4. The summed E-state index contributed by atoms with van der Waals surface area (Å²) >= 11 is 0. The first-order valence-corrected chi connectivity index (χ1v) is 13.6. The molecule has 0 spiro atoms. The molecule has 2 aliphatic heterocycles. The molecule has 2 saturated heterocycles. The van der Waals surface area contributed by atoms with E-state index in [-0.39, 0.29) is 11.6 Å². The van der Waals surface area contributed by atoms with E-state index in [1.54, 1.807) is 34.6 Å². The summed E-state index contributed by atoms with van der Waals surface area (Å²) in [7, 11) is -2.45. The third kappa shape index (κ3) is 5.66. The molecule has 2 aliphatic rings. The standard InChI is InChI=1S/C21H39NO8Si/c1-19(2,3)29-18(26)22-13(14(23)15(24)17(22)25)16(12-11-27-21(7,8)28-12)30-31(9,10)20(4,5)6/h12-16,23-24H,11H2,1-10H3/t12-,13-,14+,15+,16+/m1/s1. The number of nitrogens with zero attached hydrogens (tertiary/aromatic N) is 1. The number of aliphatic hydroxyl groups excluding tert-OH is 2. The van der Waals surface area contributed by atoms with Crippen LogP contribution in [0.3, 0.4) is 0 Å². The van der Waals surface area contributed by atoms with Crippen LogP contribution < -0.4 is 0 Å². The van der Waals surface area contributed by atoms with Crippen molar-refractivity contribution in [3.05, 3.63) is 0 Å². The Morgan fingerprint density at radius 3 is 2.16 bits per heavy atom. The van der Waals surface area contributed by atoms with Crippen LogP contribution in [0.1, 0.15) is 55.4 Å². The molecule has 0 aromatic rings. The smallest absolute Gasteiger partial charge is 0.417 e. The van der Waals surface area contributed by atoms with Gasteiger partial charge >= 0.3 is 6.09 Å². The SMILES string of the molecule is CC(C)(C)OC(=O)N1C(=O)[C@@H](O)[C@@H](O)[C@@H]1[C@@H](O[Si](C)(C)C(C)(C)C)[C@H]1COC(C)(C)O1. The second-order valence-electron chi connectivity index (χ2n) is 11.3. The molecule has 180 valence electrons. The van der Waals surface area contributed by atoms with Crippen molar-refractivity contribution in [3.63, 3.8) is 0 Å².